The molecule has 0 heteroatoms. The molecular weight excluding hydrogens is 180 g/mol. The Morgan fingerprint density at radius 2 is 1.87 bits per heavy atom. The van der Waals surface area contributed by atoms with Crippen molar-refractivity contribution in [3.8, 4) is 0 Å². The number of hydrogen-bond donors (Lipinski definition) is 0. The van der Waals surface area contributed by atoms with Gasteiger partial charge in [0.15, 0.2) is 0 Å². The van der Waals surface area contributed by atoms with Gasteiger partial charge in [0, 0.05) is 0 Å². The lowest BCUT2D eigenvalue weighted by Crippen LogP contribution is -2.20. The first-order valence-electron chi connectivity index (χ1n) is 6.35. The maximum absolute atomic E-state index is 4.36. The average Bonchev–Trinajstić information content (AvgIpc) is 2.76. The van der Waals surface area contributed by atoms with E-state index < -0.39 is 0 Å². The maximum atomic E-state index is 4.36. The van der Waals surface area contributed by atoms with E-state index in [9.17, 15) is 0 Å². The van der Waals surface area contributed by atoms with Gasteiger partial charge in [-0.2, -0.15) is 0 Å². The van der Waals surface area contributed by atoms with E-state index in [1.807, 2.05) is 0 Å². The van der Waals surface area contributed by atoms with Crippen LogP contribution in [0.25, 0.3) is 0 Å². The standard InChI is InChI=1S/C15H22/c1-10-8-14(3,4)9-12-7-11(2)15(5-6-15)13(10)12/h11H,1,5-9H2,2-4H3. The topological polar surface area (TPSA) is 0 Å². The van der Waals surface area contributed by atoms with Crippen molar-refractivity contribution in [2.45, 2.75) is 52.9 Å². The molecule has 0 saturated heterocycles. The zero-order valence-corrected chi connectivity index (χ0v) is 10.3. The van der Waals surface area contributed by atoms with Crippen LogP contribution in [0.4, 0.5) is 0 Å². The molecule has 1 spiro atoms. The van der Waals surface area contributed by atoms with Crippen LogP contribution in [0.1, 0.15) is 52.9 Å². The third-order valence-electron chi connectivity index (χ3n) is 4.87. The molecule has 0 aromatic rings. The molecule has 1 atom stereocenters. The van der Waals surface area contributed by atoms with Crippen LogP contribution in [0, 0.1) is 16.7 Å². The van der Waals surface area contributed by atoms with E-state index in [4.69, 9.17) is 0 Å². The normalized spacial score (nSPS) is 35.9. The molecule has 0 aromatic heterocycles. The van der Waals surface area contributed by atoms with E-state index in [0.29, 0.717) is 10.8 Å². The monoisotopic (exact) mass is 202 g/mol. The average molecular weight is 202 g/mol. The van der Waals surface area contributed by atoms with Crippen molar-refractivity contribution in [2.24, 2.45) is 16.7 Å². The Morgan fingerprint density at radius 1 is 1.20 bits per heavy atom. The minimum atomic E-state index is 0.468. The molecule has 15 heavy (non-hydrogen) atoms. The summed E-state index contributed by atoms with van der Waals surface area (Å²) in [4.78, 5) is 0. The van der Waals surface area contributed by atoms with Gasteiger partial charge in [0.05, 0.1) is 0 Å². The fourth-order valence-electron chi connectivity index (χ4n) is 4.21. The van der Waals surface area contributed by atoms with E-state index in [-0.39, 0.29) is 0 Å². The summed E-state index contributed by atoms with van der Waals surface area (Å²) in [5, 5.41) is 0. The molecule has 0 radical (unpaired) electrons. The molecule has 0 N–H and O–H groups in total. The number of hydrogen-bond acceptors (Lipinski definition) is 0. The molecule has 3 aliphatic rings. The van der Waals surface area contributed by atoms with Crippen molar-refractivity contribution < 1.29 is 0 Å². The molecule has 3 rings (SSSR count). The Bertz CT molecular complexity index is 363. The summed E-state index contributed by atoms with van der Waals surface area (Å²) in [5.74, 6) is 0.896. The van der Waals surface area contributed by atoms with Crippen molar-refractivity contribution in [1.82, 2.24) is 0 Å². The summed E-state index contributed by atoms with van der Waals surface area (Å²) in [5.41, 5.74) is 6.05. The summed E-state index contributed by atoms with van der Waals surface area (Å²) in [6.07, 6.45) is 6.78. The van der Waals surface area contributed by atoms with Crippen LogP contribution in [0.5, 0.6) is 0 Å². The van der Waals surface area contributed by atoms with E-state index in [0.717, 1.165) is 5.92 Å². The third-order valence-corrected chi connectivity index (χ3v) is 4.87. The van der Waals surface area contributed by atoms with E-state index in [1.54, 1.807) is 11.1 Å². The van der Waals surface area contributed by atoms with Crippen LogP contribution < -0.4 is 0 Å². The Labute approximate surface area is 93.5 Å². The van der Waals surface area contributed by atoms with Gasteiger partial charge in [0.1, 0.15) is 0 Å². The fourth-order valence-corrected chi connectivity index (χ4v) is 4.21. The zero-order valence-electron chi connectivity index (χ0n) is 10.3. The molecule has 0 aromatic carbocycles. The van der Waals surface area contributed by atoms with Crippen LogP contribution in [-0.4, -0.2) is 0 Å². The molecule has 1 unspecified atom stereocenters. The van der Waals surface area contributed by atoms with E-state index in [2.05, 4.69) is 27.4 Å². The Balaban J connectivity index is 2.04. The Hall–Kier alpha value is -0.520. The van der Waals surface area contributed by atoms with Crippen molar-refractivity contribution in [3.63, 3.8) is 0 Å². The van der Waals surface area contributed by atoms with Gasteiger partial charge in [0.25, 0.3) is 0 Å². The summed E-state index contributed by atoms with van der Waals surface area (Å²) < 4.78 is 0. The van der Waals surface area contributed by atoms with Crippen LogP contribution in [0.15, 0.2) is 23.3 Å². The lowest BCUT2D eigenvalue weighted by Gasteiger charge is -2.34. The Kier molecular flexibility index (Phi) is 1.67. The van der Waals surface area contributed by atoms with E-state index >= 15 is 0 Å². The van der Waals surface area contributed by atoms with Gasteiger partial charge in [-0.15, -0.1) is 0 Å². The second-order valence-electron chi connectivity index (χ2n) is 6.86. The smallest absolute Gasteiger partial charge is 0.00156 e. The molecule has 0 nitrogen and oxygen atoms in total. The highest BCUT2D eigenvalue weighted by atomic mass is 14.6. The first-order valence-corrected chi connectivity index (χ1v) is 6.35. The second kappa shape index (κ2) is 2.59. The first-order chi connectivity index (χ1) is 6.95. The third kappa shape index (κ3) is 1.20. The van der Waals surface area contributed by atoms with Crippen molar-refractivity contribution >= 4 is 0 Å². The minimum Gasteiger partial charge on any atom is -0.0955 e. The predicted molar refractivity (Wildman–Crippen MR) is 64.6 cm³/mol. The molecule has 0 bridgehead atoms. The van der Waals surface area contributed by atoms with Gasteiger partial charge < -0.3 is 0 Å². The quantitative estimate of drug-likeness (QED) is 0.543. The van der Waals surface area contributed by atoms with Crippen molar-refractivity contribution in [2.75, 3.05) is 0 Å². The van der Waals surface area contributed by atoms with Crippen LogP contribution in [-0.2, 0) is 0 Å². The van der Waals surface area contributed by atoms with Crippen molar-refractivity contribution in [3.05, 3.63) is 23.3 Å². The van der Waals surface area contributed by atoms with Crippen LogP contribution in [0.3, 0.4) is 0 Å². The fraction of sp³-hybridized carbons (Fsp3) is 0.733. The molecular formula is C15H22. The van der Waals surface area contributed by atoms with Crippen LogP contribution in [0.2, 0.25) is 0 Å². The minimum absolute atomic E-state index is 0.468. The zero-order chi connectivity index (χ0) is 10.8. The van der Waals surface area contributed by atoms with Crippen LogP contribution >= 0.6 is 0 Å². The van der Waals surface area contributed by atoms with Crippen molar-refractivity contribution in [1.29, 1.82) is 0 Å². The maximum Gasteiger partial charge on any atom is -0.00156 e. The number of fused-ring (bicyclic) bond motifs is 1. The molecule has 1 saturated carbocycles. The largest absolute Gasteiger partial charge is 0.0955 e. The molecule has 3 aliphatic carbocycles. The van der Waals surface area contributed by atoms with Gasteiger partial charge in [0.2, 0.25) is 0 Å². The number of allylic oxidation sites excluding steroid dienone is 3. The first kappa shape index (κ1) is 9.69. The second-order valence-corrected chi connectivity index (χ2v) is 6.86. The highest BCUT2D eigenvalue weighted by molar-refractivity contribution is 5.50. The SMILES string of the molecule is C=C1CC(C)(C)CC2=C1C1(CC1)C(C)C2. The summed E-state index contributed by atoms with van der Waals surface area (Å²) in [6, 6.07) is 0. The summed E-state index contributed by atoms with van der Waals surface area (Å²) in [6.45, 7) is 11.6. The predicted octanol–water partition coefficient (Wildman–Crippen LogP) is 4.48. The highest BCUT2D eigenvalue weighted by Gasteiger charge is 2.56. The van der Waals surface area contributed by atoms with Gasteiger partial charge in [-0.05, 0) is 54.4 Å². The lowest BCUT2D eigenvalue weighted by molar-refractivity contribution is 0.345. The lowest BCUT2D eigenvalue weighted by atomic mass is 9.71. The van der Waals surface area contributed by atoms with Gasteiger partial charge in [-0.1, -0.05) is 38.5 Å². The number of rotatable bonds is 0. The molecule has 0 heterocycles. The molecule has 82 valence electrons. The Morgan fingerprint density at radius 3 is 2.47 bits per heavy atom. The highest BCUT2D eigenvalue weighted by Crippen LogP contribution is 2.68. The molecule has 1 fully saturated rings. The van der Waals surface area contributed by atoms with Gasteiger partial charge in [-0.25, -0.2) is 0 Å². The summed E-state index contributed by atoms with van der Waals surface area (Å²) in [7, 11) is 0. The van der Waals surface area contributed by atoms with Gasteiger partial charge in [-0.3, -0.25) is 0 Å². The van der Waals surface area contributed by atoms with E-state index in [1.165, 1.54) is 37.7 Å². The molecule has 0 amide bonds. The van der Waals surface area contributed by atoms with Gasteiger partial charge >= 0.3 is 0 Å². The molecule has 0 aliphatic heterocycles. The summed E-state index contributed by atoms with van der Waals surface area (Å²) >= 11 is 0.